The van der Waals surface area contributed by atoms with Gasteiger partial charge < -0.3 is 0 Å². The van der Waals surface area contributed by atoms with Crippen LogP contribution in [0.4, 0.5) is 26.3 Å². The maximum absolute atomic E-state index is 13.6. The lowest BCUT2D eigenvalue weighted by atomic mass is 10.1. The number of benzene rings is 2. The Balaban J connectivity index is 2.45. The summed E-state index contributed by atoms with van der Waals surface area (Å²) in [5.74, 6) is 0. The van der Waals surface area contributed by atoms with Crippen molar-refractivity contribution >= 4 is 22.7 Å². The third-order valence-electron chi connectivity index (χ3n) is 4.08. The van der Waals surface area contributed by atoms with Crippen LogP contribution < -0.4 is 5.56 Å². The molecule has 4 nitrogen and oxygen atoms in total. The second-order valence-electron chi connectivity index (χ2n) is 6.17. The molecule has 1 aromatic heterocycles. The van der Waals surface area contributed by atoms with E-state index < -0.39 is 40.0 Å². The maximum atomic E-state index is 13.6. The Labute approximate surface area is 169 Å². The van der Waals surface area contributed by atoms with Crippen LogP contribution in [0.1, 0.15) is 18.1 Å². The van der Waals surface area contributed by atoms with Gasteiger partial charge in [-0.1, -0.05) is 23.9 Å². The summed E-state index contributed by atoms with van der Waals surface area (Å²) in [4.78, 5) is 17.2. The number of nitriles is 1. The van der Waals surface area contributed by atoms with Gasteiger partial charge in [0.15, 0.2) is 5.16 Å². The smallest absolute Gasteiger partial charge is 0.268 e. The zero-order chi connectivity index (χ0) is 22.3. The normalized spacial score (nSPS) is 13.3. The summed E-state index contributed by atoms with van der Waals surface area (Å²) < 4.78 is 80.9. The molecule has 156 valence electrons. The Morgan fingerprint density at radius 3 is 2.33 bits per heavy atom. The van der Waals surface area contributed by atoms with Gasteiger partial charge in [-0.05, 0) is 37.3 Å². The molecule has 0 amide bonds. The molecule has 1 heterocycles. The van der Waals surface area contributed by atoms with Crippen LogP contribution >= 0.6 is 11.8 Å². The first-order chi connectivity index (χ1) is 13.9. The minimum absolute atomic E-state index is 0.0722. The van der Waals surface area contributed by atoms with Crippen molar-refractivity contribution in [3.8, 4) is 11.8 Å². The zero-order valence-corrected chi connectivity index (χ0v) is 15.9. The lowest BCUT2D eigenvalue weighted by molar-refractivity contribution is -0.141. The molecular formula is C19H11F6N3OS. The quantitative estimate of drug-likeness (QED) is 0.308. The molecule has 0 radical (unpaired) electrons. The van der Waals surface area contributed by atoms with E-state index in [4.69, 9.17) is 5.26 Å². The monoisotopic (exact) mass is 443 g/mol. The highest BCUT2D eigenvalue weighted by Crippen LogP contribution is 2.39. The predicted molar refractivity (Wildman–Crippen MR) is 98.3 cm³/mol. The molecule has 3 rings (SSSR count). The predicted octanol–water partition coefficient (Wildman–Crippen LogP) is 5.43. The number of fused-ring (bicyclic) bond motifs is 1. The molecule has 0 N–H and O–H groups in total. The molecule has 0 aliphatic carbocycles. The third-order valence-corrected chi connectivity index (χ3v) is 5.02. The molecule has 0 saturated carbocycles. The van der Waals surface area contributed by atoms with Crippen LogP contribution in [0.3, 0.4) is 0 Å². The number of nitrogens with zero attached hydrogens (tertiary/aromatic N) is 3. The van der Waals surface area contributed by atoms with E-state index in [1.54, 1.807) is 6.07 Å². The fraction of sp³-hybridized carbons (Fsp3) is 0.211. The molecule has 0 saturated heterocycles. The van der Waals surface area contributed by atoms with Gasteiger partial charge in [0.1, 0.15) is 0 Å². The molecule has 1 atom stereocenters. The van der Waals surface area contributed by atoms with Crippen molar-refractivity contribution in [1.82, 2.24) is 9.55 Å². The van der Waals surface area contributed by atoms with Crippen molar-refractivity contribution in [2.75, 3.05) is 0 Å². The van der Waals surface area contributed by atoms with Gasteiger partial charge in [-0.3, -0.25) is 9.36 Å². The SMILES string of the molecule is CC(C#N)Sc1nc2ccccc2c(=O)n1-c1cc(C(F)(F)F)ccc1C(F)(F)F. The Morgan fingerprint density at radius 2 is 1.73 bits per heavy atom. The molecule has 2 aromatic carbocycles. The number of rotatable bonds is 3. The first-order valence-corrected chi connectivity index (χ1v) is 9.18. The molecule has 0 bridgehead atoms. The summed E-state index contributed by atoms with van der Waals surface area (Å²) in [5, 5.41) is 7.84. The first kappa shape index (κ1) is 21.7. The Morgan fingerprint density at radius 1 is 1.07 bits per heavy atom. The van der Waals surface area contributed by atoms with Gasteiger partial charge in [0.25, 0.3) is 5.56 Å². The van der Waals surface area contributed by atoms with E-state index in [9.17, 15) is 31.1 Å². The van der Waals surface area contributed by atoms with Crippen LogP contribution in [0.2, 0.25) is 0 Å². The van der Waals surface area contributed by atoms with Crippen LogP contribution in [-0.2, 0) is 12.4 Å². The first-order valence-electron chi connectivity index (χ1n) is 8.30. The fourth-order valence-corrected chi connectivity index (χ4v) is 3.53. The molecule has 0 aliphatic heterocycles. The molecule has 11 heteroatoms. The summed E-state index contributed by atoms with van der Waals surface area (Å²) in [6.07, 6.45) is -9.96. The Hall–Kier alpha value is -3.00. The molecule has 0 aliphatic rings. The number of aromatic nitrogens is 2. The Kier molecular flexibility index (Phi) is 5.56. The van der Waals surface area contributed by atoms with Crippen molar-refractivity contribution in [3.63, 3.8) is 0 Å². The van der Waals surface area contributed by atoms with E-state index in [2.05, 4.69) is 4.98 Å². The lowest BCUT2D eigenvalue weighted by Gasteiger charge is -2.20. The van der Waals surface area contributed by atoms with E-state index >= 15 is 0 Å². The largest absolute Gasteiger partial charge is 0.418 e. The van der Waals surface area contributed by atoms with Crippen LogP contribution in [-0.4, -0.2) is 14.8 Å². The summed E-state index contributed by atoms with van der Waals surface area (Å²) in [6, 6.07) is 8.45. The summed E-state index contributed by atoms with van der Waals surface area (Å²) in [7, 11) is 0. The maximum Gasteiger partial charge on any atom is 0.418 e. The van der Waals surface area contributed by atoms with Gasteiger partial charge >= 0.3 is 12.4 Å². The average molecular weight is 443 g/mol. The molecular weight excluding hydrogens is 432 g/mol. The van der Waals surface area contributed by atoms with Crippen molar-refractivity contribution in [1.29, 1.82) is 5.26 Å². The topological polar surface area (TPSA) is 58.7 Å². The van der Waals surface area contributed by atoms with Crippen molar-refractivity contribution < 1.29 is 26.3 Å². The lowest BCUT2D eigenvalue weighted by Crippen LogP contribution is -2.25. The van der Waals surface area contributed by atoms with Crippen molar-refractivity contribution in [2.24, 2.45) is 0 Å². The highest BCUT2D eigenvalue weighted by Gasteiger charge is 2.38. The van der Waals surface area contributed by atoms with Crippen molar-refractivity contribution in [3.05, 3.63) is 63.9 Å². The van der Waals surface area contributed by atoms with Crippen LogP contribution in [0.15, 0.2) is 52.4 Å². The van der Waals surface area contributed by atoms with Gasteiger partial charge in [-0.2, -0.15) is 31.6 Å². The minimum Gasteiger partial charge on any atom is -0.268 e. The van der Waals surface area contributed by atoms with Gasteiger partial charge in [0.2, 0.25) is 0 Å². The molecule has 0 fully saturated rings. The number of para-hydroxylation sites is 1. The van der Waals surface area contributed by atoms with Gasteiger partial charge in [0, 0.05) is 0 Å². The van der Waals surface area contributed by atoms with E-state index in [0.717, 1.165) is 0 Å². The second kappa shape index (κ2) is 7.68. The molecule has 1 unspecified atom stereocenters. The molecule has 3 aromatic rings. The van der Waals surface area contributed by atoms with E-state index in [-0.39, 0.29) is 28.2 Å². The number of hydrogen-bond donors (Lipinski definition) is 0. The standard InChI is InChI=1S/C19H11F6N3OS/c1-10(9-26)30-17-27-14-5-3-2-4-12(14)16(29)28(17)15-8-11(18(20,21)22)6-7-13(15)19(23,24)25/h2-8,10H,1H3. The highest BCUT2D eigenvalue weighted by molar-refractivity contribution is 8.00. The number of alkyl halides is 6. The van der Waals surface area contributed by atoms with Gasteiger partial charge in [-0.25, -0.2) is 4.98 Å². The zero-order valence-electron chi connectivity index (χ0n) is 15.0. The van der Waals surface area contributed by atoms with Crippen LogP contribution in [0.25, 0.3) is 16.6 Å². The summed E-state index contributed by atoms with van der Waals surface area (Å²) >= 11 is 0.669. The van der Waals surface area contributed by atoms with Crippen LogP contribution in [0, 0.1) is 11.3 Å². The van der Waals surface area contributed by atoms with E-state index in [1.165, 1.54) is 25.1 Å². The number of hydrogen-bond acceptors (Lipinski definition) is 4. The third kappa shape index (κ3) is 4.14. The molecule has 30 heavy (non-hydrogen) atoms. The Bertz CT molecular complexity index is 1210. The number of halogens is 6. The average Bonchev–Trinajstić information content (AvgIpc) is 2.66. The van der Waals surface area contributed by atoms with Gasteiger partial charge in [-0.15, -0.1) is 0 Å². The van der Waals surface area contributed by atoms with E-state index in [1.807, 2.05) is 6.07 Å². The fourth-order valence-electron chi connectivity index (χ4n) is 2.72. The van der Waals surface area contributed by atoms with E-state index in [0.29, 0.717) is 22.4 Å². The second-order valence-corrected chi connectivity index (χ2v) is 7.48. The summed E-state index contributed by atoms with van der Waals surface area (Å²) in [5.41, 5.74) is -4.62. The van der Waals surface area contributed by atoms with Crippen molar-refractivity contribution in [2.45, 2.75) is 29.7 Å². The van der Waals surface area contributed by atoms with Gasteiger partial charge in [0.05, 0.1) is 39.0 Å². The van der Waals surface area contributed by atoms with Crippen LogP contribution in [0.5, 0.6) is 0 Å². The minimum atomic E-state index is -5.03. The number of thioether (sulfide) groups is 1. The molecule has 0 spiro atoms. The highest BCUT2D eigenvalue weighted by atomic mass is 32.2. The summed E-state index contributed by atoms with van der Waals surface area (Å²) in [6.45, 7) is 1.42.